The number of likely N-dealkylation sites (N-methyl/N-ethyl adjacent to an activating group) is 1. The van der Waals surface area contributed by atoms with Crippen LogP contribution in [0.1, 0.15) is 43.0 Å². The van der Waals surface area contributed by atoms with Crippen molar-refractivity contribution < 1.29 is 14.3 Å². The van der Waals surface area contributed by atoms with Crippen LogP contribution in [0.4, 0.5) is 0 Å². The maximum absolute atomic E-state index is 12.8. The van der Waals surface area contributed by atoms with E-state index in [4.69, 9.17) is 4.74 Å². The molecule has 0 aliphatic carbocycles. The molecule has 0 radical (unpaired) electrons. The fourth-order valence-electron chi connectivity index (χ4n) is 3.64. The molecule has 30 heavy (non-hydrogen) atoms. The summed E-state index contributed by atoms with van der Waals surface area (Å²) >= 11 is 1.60. The van der Waals surface area contributed by atoms with Gasteiger partial charge in [-0.05, 0) is 57.4 Å². The minimum atomic E-state index is -0.349. The molecule has 160 valence electrons. The van der Waals surface area contributed by atoms with E-state index in [-0.39, 0.29) is 17.9 Å². The van der Waals surface area contributed by atoms with Crippen molar-refractivity contribution in [2.75, 3.05) is 19.6 Å². The molecule has 1 atom stereocenters. The maximum atomic E-state index is 12.8. The highest BCUT2D eigenvalue weighted by molar-refractivity contribution is 7.09. The van der Waals surface area contributed by atoms with Crippen molar-refractivity contribution in [3.8, 4) is 5.75 Å². The van der Waals surface area contributed by atoms with Crippen LogP contribution in [0.3, 0.4) is 0 Å². The van der Waals surface area contributed by atoms with Crippen LogP contribution in [-0.2, 0) is 16.2 Å². The van der Waals surface area contributed by atoms with Crippen molar-refractivity contribution in [1.82, 2.24) is 14.8 Å². The minimum Gasteiger partial charge on any atom is -0.487 e. The van der Waals surface area contributed by atoms with Gasteiger partial charge in [0.25, 0.3) is 0 Å². The molecule has 1 aromatic heterocycles. The fraction of sp³-hybridized carbons (Fsp3) is 0.435. The van der Waals surface area contributed by atoms with Crippen LogP contribution in [0, 0.1) is 6.92 Å². The lowest BCUT2D eigenvalue weighted by molar-refractivity contribution is -0.141. The molecule has 2 amide bonds. The van der Waals surface area contributed by atoms with Crippen molar-refractivity contribution >= 4 is 29.2 Å². The number of ether oxygens (including phenoxy) is 1. The second-order valence-corrected chi connectivity index (χ2v) is 8.31. The van der Waals surface area contributed by atoms with Crippen LogP contribution in [0.15, 0.2) is 35.7 Å². The molecule has 1 aliphatic rings. The van der Waals surface area contributed by atoms with Crippen molar-refractivity contribution in [3.63, 3.8) is 0 Å². The quantitative estimate of drug-likeness (QED) is 0.600. The Morgan fingerprint density at radius 3 is 2.83 bits per heavy atom. The molecule has 0 N–H and O–H groups in total. The Labute approximate surface area is 182 Å². The normalized spacial score (nSPS) is 16.2. The first kappa shape index (κ1) is 22.0. The van der Waals surface area contributed by atoms with Crippen molar-refractivity contribution in [3.05, 3.63) is 52.0 Å². The first-order valence-corrected chi connectivity index (χ1v) is 11.3. The van der Waals surface area contributed by atoms with Crippen LogP contribution >= 0.6 is 11.3 Å². The summed E-state index contributed by atoms with van der Waals surface area (Å²) in [7, 11) is 0. The van der Waals surface area contributed by atoms with E-state index in [1.54, 1.807) is 33.3 Å². The number of benzene rings is 1. The van der Waals surface area contributed by atoms with Crippen molar-refractivity contribution in [2.24, 2.45) is 0 Å². The minimum absolute atomic E-state index is 0.0481. The number of aromatic nitrogens is 1. The van der Waals surface area contributed by atoms with E-state index >= 15 is 0 Å². The number of carbonyl (C=O) groups is 2. The molecule has 1 fully saturated rings. The highest BCUT2D eigenvalue weighted by Gasteiger charge is 2.34. The van der Waals surface area contributed by atoms with Gasteiger partial charge in [0.1, 0.15) is 18.4 Å². The number of carbonyl (C=O) groups excluding carboxylic acids is 2. The highest BCUT2D eigenvalue weighted by Crippen LogP contribution is 2.21. The number of aryl methyl sites for hydroxylation is 1. The molecular weight excluding hydrogens is 398 g/mol. The summed E-state index contributed by atoms with van der Waals surface area (Å²) in [4.78, 5) is 33.4. The molecule has 0 spiro atoms. The predicted octanol–water partition coefficient (Wildman–Crippen LogP) is 3.90. The van der Waals surface area contributed by atoms with Gasteiger partial charge in [0.2, 0.25) is 11.8 Å². The van der Waals surface area contributed by atoms with Gasteiger partial charge < -0.3 is 14.5 Å². The maximum Gasteiger partial charge on any atom is 0.247 e. The van der Waals surface area contributed by atoms with Crippen molar-refractivity contribution in [1.29, 1.82) is 0 Å². The van der Waals surface area contributed by atoms with Gasteiger partial charge in [-0.25, -0.2) is 4.98 Å². The lowest BCUT2D eigenvalue weighted by Crippen LogP contribution is -2.47. The summed E-state index contributed by atoms with van der Waals surface area (Å²) in [6.07, 6.45) is 4.92. The average Bonchev–Trinajstić information content (AvgIpc) is 3.41. The summed E-state index contributed by atoms with van der Waals surface area (Å²) in [5.74, 6) is 0.653. The Kier molecular flexibility index (Phi) is 7.63. The first-order chi connectivity index (χ1) is 14.5. The summed E-state index contributed by atoms with van der Waals surface area (Å²) in [5, 5.41) is 3.01. The van der Waals surface area contributed by atoms with E-state index in [0.717, 1.165) is 34.9 Å². The summed E-state index contributed by atoms with van der Waals surface area (Å²) < 4.78 is 5.82. The molecule has 2 aromatic rings. The Bertz CT molecular complexity index is 905. The van der Waals surface area contributed by atoms with Crippen LogP contribution in [-0.4, -0.2) is 52.3 Å². The lowest BCUT2D eigenvalue weighted by atomic mass is 10.1. The third-order valence-electron chi connectivity index (χ3n) is 5.23. The van der Waals surface area contributed by atoms with Gasteiger partial charge in [0.05, 0.1) is 10.7 Å². The third-order valence-corrected chi connectivity index (χ3v) is 6.05. The van der Waals surface area contributed by atoms with E-state index in [1.807, 2.05) is 50.4 Å². The fourth-order valence-corrected chi connectivity index (χ4v) is 4.23. The Morgan fingerprint density at radius 2 is 2.13 bits per heavy atom. The van der Waals surface area contributed by atoms with Gasteiger partial charge in [-0.1, -0.05) is 12.1 Å². The number of likely N-dealkylation sites (tertiary alicyclic amines) is 1. The molecule has 2 heterocycles. The summed E-state index contributed by atoms with van der Waals surface area (Å²) in [6, 6.07) is 7.25. The molecule has 0 saturated carbocycles. The van der Waals surface area contributed by atoms with Crippen LogP contribution in [0.25, 0.3) is 6.08 Å². The molecular formula is C23H29N3O3S. The summed E-state index contributed by atoms with van der Waals surface area (Å²) in [6.45, 7) is 8.27. The van der Waals surface area contributed by atoms with Crippen molar-refractivity contribution in [2.45, 2.75) is 46.3 Å². The van der Waals surface area contributed by atoms with Gasteiger partial charge >= 0.3 is 0 Å². The van der Waals surface area contributed by atoms with Gasteiger partial charge in [-0.3, -0.25) is 9.59 Å². The van der Waals surface area contributed by atoms with E-state index in [0.29, 0.717) is 26.2 Å². The average molecular weight is 428 g/mol. The molecule has 1 aromatic carbocycles. The molecule has 1 unspecified atom stereocenters. The Balaban J connectivity index is 1.62. The molecule has 1 saturated heterocycles. The van der Waals surface area contributed by atoms with Crippen LogP contribution in [0.5, 0.6) is 5.75 Å². The van der Waals surface area contributed by atoms with Gasteiger partial charge in [-0.15, -0.1) is 11.3 Å². The molecule has 6 nitrogen and oxygen atoms in total. The smallest absolute Gasteiger partial charge is 0.247 e. The van der Waals surface area contributed by atoms with Crippen LogP contribution < -0.4 is 4.74 Å². The number of hydrogen-bond donors (Lipinski definition) is 0. The number of hydrogen-bond acceptors (Lipinski definition) is 5. The van der Waals surface area contributed by atoms with Gasteiger partial charge in [0, 0.05) is 31.1 Å². The van der Waals surface area contributed by atoms with Gasteiger partial charge in [0.15, 0.2) is 0 Å². The van der Waals surface area contributed by atoms with E-state index in [1.165, 1.54) is 0 Å². The zero-order chi connectivity index (χ0) is 21.5. The zero-order valence-electron chi connectivity index (χ0n) is 17.8. The standard InChI is InChI=1S/C23H29N3O3S/c1-4-25(5-2)23(28)21-10-7-13-26(21)22(27)12-11-18-8-6-9-20(14-18)29-15-19-16-30-17(3)24-19/h6,8-9,11-12,14,16,21H,4-5,7,10,13,15H2,1-3H3/b12-11+. The second kappa shape index (κ2) is 10.4. The highest BCUT2D eigenvalue weighted by atomic mass is 32.1. The topological polar surface area (TPSA) is 62.7 Å². The third kappa shape index (κ3) is 5.48. The molecule has 1 aliphatic heterocycles. The Morgan fingerprint density at radius 1 is 1.33 bits per heavy atom. The zero-order valence-corrected chi connectivity index (χ0v) is 18.7. The largest absolute Gasteiger partial charge is 0.487 e. The van der Waals surface area contributed by atoms with Crippen LogP contribution in [0.2, 0.25) is 0 Å². The molecule has 0 bridgehead atoms. The SMILES string of the molecule is CCN(CC)C(=O)C1CCCN1C(=O)/C=C/c1cccc(OCc2csc(C)n2)c1. The lowest BCUT2D eigenvalue weighted by Gasteiger charge is -2.28. The van der Waals surface area contributed by atoms with E-state index < -0.39 is 0 Å². The molecule has 3 rings (SSSR count). The summed E-state index contributed by atoms with van der Waals surface area (Å²) in [5.41, 5.74) is 1.78. The number of amides is 2. The molecule has 7 heteroatoms. The van der Waals surface area contributed by atoms with E-state index in [9.17, 15) is 9.59 Å². The monoisotopic (exact) mass is 427 g/mol. The first-order valence-electron chi connectivity index (χ1n) is 10.4. The number of thiazole rings is 1. The van der Waals surface area contributed by atoms with E-state index in [2.05, 4.69) is 4.98 Å². The number of nitrogens with zero attached hydrogens (tertiary/aromatic N) is 3. The Hall–Kier alpha value is -2.67. The predicted molar refractivity (Wildman–Crippen MR) is 119 cm³/mol. The van der Waals surface area contributed by atoms with Gasteiger partial charge in [-0.2, -0.15) is 0 Å². The number of rotatable bonds is 8. The second-order valence-electron chi connectivity index (χ2n) is 7.25.